The zero-order valence-electron chi connectivity index (χ0n) is 17.0. The average Bonchev–Trinajstić information content (AvgIpc) is 3.23. The third-order valence-corrected chi connectivity index (χ3v) is 5.35. The number of hydrogen-bond donors (Lipinski definition) is 0. The van der Waals surface area contributed by atoms with E-state index >= 15 is 0 Å². The normalized spacial score (nSPS) is 11.7. The van der Waals surface area contributed by atoms with Crippen molar-refractivity contribution in [3.05, 3.63) is 68.6 Å². The maximum atomic E-state index is 13.2. The molecule has 0 aliphatic heterocycles. The fraction of sp³-hybridized carbons (Fsp3) is 0.381. The minimum Gasteiger partial charge on any atom is -0.383 e. The Morgan fingerprint density at radius 2 is 1.83 bits per heavy atom. The molecule has 0 amide bonds. The van der Waals surface area contributed by atoms with Crippen molar-refractivity contribution in [2.24, 2.45) is 7.05 Å². The summed E-state index contributed by atoms with van der Waals surface area (Å²) >= 11 is 0. The number of benzene rings is 1. The van der Waals surface area contributed by atoms with Gasteiger partial charge >= 0.3 is 5.69 Å². The van der Waals surface area contributed by atoms with Crippen LogP contribution in [0.5, 0.6) is 0 Å². The highest BCUT2D eigenvalue weighted by Gasteiger charge is 2.19. The third kappa shape index (κ3) is 3.29. The number of imidazole rings is 2. The Labute approximate surface area is 167 Å². The predicted molar refractivity (Wildman–Crippen MR) is 112 cm³/mol. The lowest BCUT2D eigenvalue weighted by Crippen LogP contribution is -2.39. The predicted octanol–water partition coefficient (Wildman–Crippen LogP) is 1.74. The largest absolute Gasteiger partial charge is 0.383 e. The number of rotatable bonds is 7. The van der Waals surface area contributed by atoms with E-state index in [1.807, 2.05) is 35.9 Å². The van der Waals surface area contributed by atoms with E-state index in [1.54, 1.807) is 18.6 Å². The lowest BCUT2D eigenvalue weighted by atomic mass is 10.1. The summed E-state index contributed by atoms with van der Waals surface area (Å²) in [5.41, 5.74) is 2.37. The number of methoxy groups -OCH3 is 1. The first-order chi connectivity index (χ1) is 14.0. The van der Waals surface area contributed by atoms with Gasteiger partial charge in [-0.15, -0.1) is 0 Å². The van der Waals surface area contributed by atoms with E-state index < -0.39 is 0 Å². The van der Waals surface area contributed by atoms with Crippen LogP contribution in [-0.4, -0.2) is 36.8 Å². The van der Waals surface area contributed by atoms with Gasteiger partial charge in [0.2, 0.25) is 5.78 Å². The number of hydrogen-bond acceptors (Lipinski definition) is 4. The van der Waals surface area contributed by atoms with Crippen LogP contribution in [0.2, 0.25) is 0 Å². The van der Waals surface area contributed by atoms with Crippen LogP contribution in [0.15, 0.2) is 46.1 Å². The van der Waals surface area contributed by atoms with E-state index in [9.17, 15) is 9.59 Å². The van der Waals surface area contributed by atoms with E-state index in [0.29, 0.717) is 43.1 Å². The van der Waals surface area contributed by atoms with E-state index in [-0.39, 0.29) is 11.2 Å². The number of ether oxygens (including phenoxy) is 1. The quantitative estimate of drug-likeness (QED) is 0.478. The molecule has 0 saturated heterocycles. The number of aromatic nitrogens is 5. The van der Waals surface area contributed by atoms with Gasteiger partial charge in [0.05, 0.1) is 6.61 Å². The SMILES string of the molecule is COCCn1c(C)cn2c3c(=O)n(CCCc4ccccc4)c(=O)n(C)c3nc12. The van der Waals surface area contributed by atoms with E-state index in [4.69, 9.17) is 4.74 Å². The van der Waals surface area contributed by atoms with Gasteiger partial charge in [-0.25, -0.2) is 4.79 Å². The molecule has 152 valence electrons. The Balaban J connectivity index is 1.77. The highest BCUT2D eigenvalue weighted by Crippen LogP contribution is 2.16. The average molecular weight is 395 g/mol. The molecule has 3 heterocycles. The highest BCUT2D eigenvalue weighted by molar-refractivity contribution is 5.75. The highest BCUT2D eigenvalue weighted by atomic mass is 16.5. The van der Waals surface area contributed by atoms with Crippen LogP contribution in [0, 0.1) is 6.92 Å². The summed E-state index contributed by atoms with van der Waals surface area (Å²) < 4.78 is 11.7. The summed E-state index contributed by atoms with van der Waals surface area (Å²) in [5, 5.41) is 0. The van der Waals surface area contributed by atoms with Gasteiger partial charge in [-0.2, -0.15) is 4.98 Å². The molecular formula is C21H25N5O3. The molecule has 0 saturated carbocycles. The molecular weight excluding hydrogens is 370 g/mol. The fourth-order valence-electron chi connectivity index (χ4n) is 3.80. The van der Waals surface area contributed by atoms with Crippen LogP contribution in [0.25, 0.3) is 16.9 Å². The van der Waals surface area contributed by atoms with Crippen molar-refractivity contribution in [3.63, 3.8) is 0 Å². The van der Waals surface area contributed by atoms with E-state index in [1.165, 1.54) is 14.7 Å². The molecule has 8 nitrogen and oxygen atoms in total. The first-order valence-electron chi connectivity index (χ1n) is 9.73. The molecule has 0 aliphatic rings. The lowest BCUT2D eigenvalue weighted by Gasteiger charge is -2.08. The second-order valence-electron chi connectivity index (χ2n) is 7.26. The molecule has 29 heavy (non-hydrogen) atoms. The van der Waals surface area contributed by atoms with Gasteiger partial charge in [-0.3, -0.25) is 18.3 Å². The molecule has 0 spiro atoms. The van der Waals surface area contributed by atoms with Gasteiger partial charge in [-0.05, 0) is 25.3 Å². The third-order valence-electron chi connectivity index (χ3n) is 5.35. The summed E-state index contributed by atoms with van der Waals surface area (Å²) in [5.74, 6) is 0.642. The number of fused-ring (bicyclic) bond motifs is 3. The molecule has 0 N–H and O–H groups in total. The van der Waals surface area contributed by atoms with Crippen LogP contribution in [0.1, 0.15) is 17.7 Å². The van der Waals surface area contributed by atoms with Crippen molar-refractivity contribution < 1.29 is 4.74 Å². The van der Waals surface area contributed by atoms with Crippen LogP contribution in [-0.2, 0) is 31.3 Å². The van der Waals surface area contributed by atoms with Crippen LogP contribution >= 0.6 is 0 Å². The summed E-state index contributed by atoms with van der Waals surface area (Å²) in [7, 11) is 3.31. The molecule has 1 aromatic carbocycles. The van der Waals surface area contributed by atoms with Gasteiger partial charge in [0.25, 0.3) is 5.56 Å². The van der Waals surface area contributed by atoms with Gasteiger partial charge in [0.15, 0.2) is 11.2 Å². The molecule has 0 unspecified atom stereocenters. The molecule has 0 aliphatic carbocycles. The van der Waals surface area contributed by atoms with Crippen LogP contribution in [0.4, 0.5) is 0 Å². The Morgan fingerprint density at radius 1 is 1.07 bits per heavy atom. The smallest absolute Gasteiger partial charge is 0.332 e. The van der Waals surface area contributed by atoms with Crippen molar-refractivity contribution in [1.82, 2.24) is 23.1 Å². The maximum Gasteiger partial charge on any atom is 0.332 e. The van der Waals surface area contributed by atoms with Crippen molar-refractivity contribution in [3.8, 4) is 0 Å². The summed E-state index contributed by atoms with van der Waals surface area (Å²) in [6.07, 6.45) is 3.41. The zero-order chi connectivity index (χ0) is 20.5. The van der Waals surface area contributed by atoms with Gasteiger partial charge in [0, 0.05) is 39.1 Å². The van der Waals surface area contributed by atoms with Crippen molar-refractivity contribution in [2.75, 3.05) is 13.7 Å². The molecule has 0 bridgehead atoms. The van der Waals surface area contributed by atoms with Crippen molar-refractivity contribution >= 4 is 16.9 Å². The standard InChI is InChI=1S/C21H25N5O3/c1-15-14-26-17-18(22-20(26)24(15)12-13-29-3)23(2)21(28)25(19(17)27)11-7-10-16-8-5-4-6-9-16/h4-6,8-9,14H,7,10-13H2,1-3H3. The molecule has 4 rings (SSSR count). The van der Waals surface area contributed by atoms with Crippen LogP contribution < -0.4 is 11.2 Å². The topological polar surface area (TPSA) is 75.5 Å². The first-order valence-corrected chi connectivity index (χ1v) is 9.73. The molecule has 4 aromatic rings. The second-order valence-corrected chi connectivity index (χ2v) is 7.26. The van der Waals surface area contributed by atoms with Crippen molar-refractivity contribution in [2.45, 2.75) is 32.9 Å². The summed E-state index contributed by atoms with van der Waals surface area (Å²) in [6.45, 7) is 3.50. The van der Waals surface area contributed by atoms with Gasteiger partial charge in [0.1, 0.15) is 0 Å². The first kappa shape index (κ1) is 19.2. The fourth-order valence-corrected chi connectivity index (χ4v) is 3.80. The molecule has 3 aromatic heterocycles. The minimum atomic E-state index is -0.337. The second kappa shape index (κ2) is 7.71. The Morgan fingerprint density at radius 3 is 2.55 bits per heavy atom. The Kier molecular flexibility index (Phi) is 5.10. The molecule has 8 heteroatoms. The van der Waals surface area contributed by atoms with E-state index in [0.717, 1.165) is 12.1 Å². The molecule has 0 fully saturated rings. The summed E-state index contributed by atoms with van der Waals surface area (Å²) in [6, 6.07) is 10.1. The minimum absolute atomic E-state index is 0.299. The zero-order valence-corrected chi connectivity index (χ0v) is 17.0. The maximum absolute atomic E-state index is 13.2. The monoisotopic (exact) mass is 395 g/mol. The number of nitrogens with zero attached hydrogens (tertiary/aromatic N) is 5. The Bertz CT molecular complexity index is 1280. The van der Waals surface area contributed by atoms with Gasteiger partial charge in [-0.1, -0.05) is 30.3 Å². The van der Waals surface area contributed by atoms with Crippen molar-refractivity contribution in [1.29, 1.82) is 0 Å². The van der Waals surface area contributed by atoms with E-state index in [2.05, 4.69) is 17.1 Å². The molecule has 0 radical (unpaired) electrons. The van der Waals surface area contributed by atoms with Gasteiger partial charge < -0.3 is 9.30 Å². The van der Waals surface area contributed by atoms with Crippen LogP contribution in [0.3, 0.4) is 0 Å². The molecule has 0 atom stereocenters. The summed E-state index contributed by atoms with van der Waals surface area (Å²) in [4.78, 5) is 30.6. The lowest BCUT2D eigenvalue weighted by molar-refractivity contribution is 0.187. The number of aryl methyl sites for hydroxylation is 3. The Hall–Kier alpha value is -3.13.